The number of aryl methyl sites for hydroxylation is 1. The fraction of sp³-hybridized carbons (Fsp3) is 0.276. The van der Waals surface area contributed by atoms with E-state index in [1.54, 1.807) is 6.07 Å². The predicted molar refractivity (Wildman–Crippen MR) is 263 cm³/mol. The van der Waals surface area contributed by atoms with Crippen molar-refractivity contribution in [2.75, 3.05) is 0 Å². The molecule has 8 aromatic rings. The van der Waals surface area contributed by atoms with Crippen molar-refractivity contribution in [3.63, 3.8) is 0 Å². The largest absolute Gasteiger partial charge is 0.507 e. The number of aromatic hydroxyl groups is 1. The van der Waals surface area contributed by atoms with Crippen LogP contribution in [-0.2, 0) is 16.2 Å². The number of aromatic nitrogens is 3. The Balaban J connectivity index is 1.41. The highest BCUT2D eigenvalue weighted by Gasteiger charge is 2.29. The SMILES string of the molecule is [2H]C([2H])([2H])c1cc(-c2ccccc2)ccc1-n1c(-c2cc(C(C)(C)C)cc(C(C)(C)C)c2O)nc2c(-c3cc(-c4cc(-c5ccc(C([2H])(C)C)cc5)ccn4)cc(C(C)(C)C)c3)cccc21. The molecule has 0 saturated heterocycles. The number of phenolic OH excluding ortho intramolecular Hbond substituents is 1. The maximum absolute atomic E-state index is 12.4. The number of rotatable bonds is 7. The van der Waals surface area contributed by atoms with Crippen LogP contribution in [0.25, 0.3) is 72.7 Å². The Bertz CT molecular complexity index is 3100. The van der Waals surface area contributed by atoms with Crippen molar-refractivity contribution in [2.24, 2.45) is 0 Å². The van der Waals surface area contributed by atoms with Crippen LogP contribution in [-0.4, -0.2) is 19.6 Å². The number of nitrogens with zero attached hydrogens (tertiary/aromatic N) is 3. The molecule has 0 aliphatic rings. The quantitative estimate of drug-likeness (QED) is 0.174. The Morgan fingerprint density at radius 1 is 0.581 bits per heavy atom. The van der Waals surface area contributed by atoms with E-state index in [0.29, 0.717) is 28.1 Å². The van der Waals surface area contributed by atoms with E-state index in [2.05, 4.69) is 111 Å². The molecule has 0 spiro atoms. The van der Waals surface area contributed by atoms with E-state index in [4.69, 9.17) is 15.5 Å². The second kappa shape index (κ2) is 15.9. The monoisotopic (exact) mass is 820 g/mol. The molecule has 0 bridgehead atoms. The summed E-state index contributed by atoms with van der Waals surface area (Å²) in [6, 6.07) is 44.5. The molecule has 0 radical (unpaired) electrons. The van der Waals surface area contributed by atoms with Gasteiger partial charge in [-0.05, 0) is 128 Å². The van der Waals surface area contributed by atoms with Gasteiger partial charge < -0.3 is 5.11 Å². The lowest BCUT2D eigenvalue weighted by atomic mass is 9.79. The Labute approximate surface area is 375 Å². The Kier molecular flexibility index (Phi) is 9.61. The highest BCUT2D eigenvalue weighted by atomic mass is 16.3. The molecule has 0 amide bonds. The van der Waals surface area contributed by atoms with Crippen molar-refractivity contribution in [2.45, 2.75) is 105 Å². The minimum atomic E-state index is -2.49. The lowest BCUT2D eigenvalue weighted by Gasteiger charge is -2.27. The molecule has 4 heteroatoms. The van der Waals surface area contributed by atoms with E-state index in [-0.39, 0.29) is 22.1 Å². The van der Waals surface area contributed by atoms with Gasteiger partial charge in [0.05, 0.1) is 28.0 Å². The molecule has 0 aliphatic carbocycles. The highest BCUT2D eigenvalue weighted by molar-refractivity contribution is 5.97. The molecule has 4 nitrogen and oxygen atoms in total. The molecule has 6 aromatic carbocycles. The molecule has 0 saturated carbocycles. The van der Waals surface area contributed by atoms with E-state index in [1.165, 1.54) is 0 Å². The van der Waals surface area contributed by atoms with E-state index < -0.39 is 18.2 Å². The third-order valence-corrected chi connectivity index (χ3v) is 12.0. The fourth-order valence-corrected chi connectivity index (χ4v) is 8.24. The van der Waals surface area contributed by atoms with Gasteiger partial charge in [-0.15, -0.1) is 0 Å². The van der Waals surface area contributed by atoms with Crippen LogP contribution < -0.4 is 0 Å². The first kappa shape index (κ1) is 37.5. The first-order chi connectivity index (χ1) is 30.8. The zero-order chi connectivity index (χ0) is 47.7. The van der Waals surface area contributed by atoms with Crippen molar-refractivity contribution in [3.05, 3.63) is 167 Å². The van der Waals surface area contributed by atoms with Crippen molar-refractivity contribution >= 4 is 11.0 Å². The van der Waals surface area contributed by atoms with Gasteiger partial charge in [-0.3, -0.25) is 9.55 Å². The summed E-state index contributed by atoms with van der Waals surface area (Å²) in [5.74, 6) is -0.126. The van der Waals surface area contributed by atoms with Crippen molar-refractivity contribution < 1.29 is 10.6 Å². The summed E-state index contributed by atoms with van der Waals surface area (Å²) in [5, 5.41) is 12.4. The first-order valence-electron chi connectivity index (χ1n) is 23.6. The Hall–Kier alpha value is -6.26. The molecule has 8 rings (SSSR count). The molecule has 314 valence electrons. The third kappa shape index (κ3) is 8.23. The number of phenols is 1. The maximum atomic E-state index is 12.4. The maximum Gasteiger partial charge on any atom is 0.149 e. The molecule has 0 atom stereocenters. The number of para-hydroxylation sites is 1. The average Bonchev–Trinajstić information content (AvgIpc) is 3.64. The Morgan fingerprint density at radius 2 is 1.23 bits per heavy atom. The van der Waals surface area contributed by atoms with Gasteiger partial charge in [0, 0.05) is 28.4 Å². The van der Waals surface area contributed by atoms with Crippen LogP contribution in [0, 0.1) is 6.85 Å². The second-order valence-electron chi connectivity index (χ2n) is 20.0. The van der Waals surface area contributed by atoms with Crippen LogP contribution in [0.15, 0.2) is 140 Å². The van der Waals surface area contributed by atoms with E-state index >= 15 is 0 Å². The molecule has 2 aromatic heterocycles. The van der Waals surface area contributed by atoms with E-state index in [1.807, 2.05) is 103 Å². The lowest BCUT2D eigenvalue weighted by molar-refractivity contribution is 0.446. The van der Waals surface area contributed by atoms with Crippen LogP contribution >= 0.6 is 0 Å². The van der Waals surface area contributed by atoms with Crippen LogP contribution in [0.2, 0.25) is 0 Å². The number of hydrogen-bond donors (Lipinski definition) is 1. The summed E-state index contributed by atoms with van der Waals surface area (Å²) in [4.78, 5) is 10.4. The second-order valence-corrected chi connectivity index (χ2v) is 20.0. The van der Waals surface area contributed by atoms with Crippen LogP contribution in [0.1, 0.15) is 115 Å². The first-order valence-corrected chi connectivity index (χ1v) is 21.6. The summed E-state index contributed by atoms with van der Waals surface area (Å²) >= 11 is 0. The van der Waals surface area contributed by atoms with Crippen molar-refractivity contribution in [1.82, 2.24) is 14.5 Å². The summed E-state index contributed by atoms with van der Waals surface area (Å²) in [7, 11) is 0. The summed E-state index contributed by atoms with van der Waals surface area (Å²) in [5.41, 5.74) is 12.9. The topological polar surface area (TPSA) is 50.9 Å². The molecule has 0 unspecified atom stereocenters. The summed E-state index contributed by atoms with van der Waals surface area (Å²) in [6.45, 7) is 20.7. The molecular formula is C58H61N3O. The summed E-state index contributed by atoms with van der Waals surface area (Å²) < 4.78 is 37.3. The Morgan fingerprint density at radius 3 is 1.89 bits per heavy atom. The van der Waals surface area contributed by atoms with Gasteiger partial charge in [0.15, 0.2) is 0 Å². The zero-order valence-electron chi connectivity index (χ0n) is 42.1. The normalized spacial score (nSPS) is 13.7. The molecule has 2 heterocycles. The fourth-order valence-electron chi connectivity index (χ4n) is 8.24. The summed E-state index contributed by atoms with van der Waals surface area (Å²) in [6.07, 6.45) is 1.85. The third-order valence-electron chi connectivity index (χ3n) is 12.0. The van der Waals surface area contributed by atoms with Gasteiger partial charge in [0.1, 0.15) is 11.6 Å². The van der Waals surface area contributed by atoms with Gasteiger partial charge in [-0.1, -0.05) is 161 Å². The molecular weight excluding hydrogens is 755 g/mol. The van der Waals surface area contributed by atoms with E-state index in [0.717, 1.165) is 66.9 Å². The number of fused-ring (bicyclic) bond motifs is 1. The van der Waals surface area contributed by atoms with Crippen LogP contribution in [0.3, 0.4) is 0 Å². The molecule has 0 fully saturated rings. The highest BCUT2D eigenvalue weighted by Crippen LogP contribution is 2.45. The van der Waals surface area contributed by atoms with Crippen molar-refractivity contribution in [3.8, 4) is 67.5 Å². The lowest BCUT2D eigenvalue weighted by Crippen LogP contribution is -2.17. The van der Waals surface area contributed by atoms with E-state index in [9.17, 15) is 5.11 Å². The van der Waals surface area contributed by atoms with Gasteiger partial charge in [-0.25, -0.2) is 4.98 Å². The minimum absolute atomic E-state index is 0.117. The zero-order valence-corrected chi connectivity index (χ0v) is 38.1. The number of benzene rings is 6. The number of hydrogen-bond acceptors (Lipinski definition) is 3. The smallest absolute Gasteiger partial charge is 0.149 e. The van der Waals surface area contributed by atoms with Gasteiger partial charge in [0.2, 0.25) is 0 Å². The van der Waals surface area contributed by atoms with Crippen LogP contribution in [0.4, 0.5) is 0 Å². The van der Waals surface area contributed by atoms with Gasteiger partial charge in [-0.2, -0.15) is 0 Å². The molecule has 1 N–H and O–H groups in total. The average molecular weight is 820 g/mol. The van der Waals surface area contributed by atoms with Crippen molar-refractivity contribution in [1.29, 1.82) is 0 Å². The van der Waals surface area contributed by atoms with Crippen LogP contribution in [0.5, 0.6) is 5.75 Å². The minimum Gasteiger partial charge on any atom is -0.507 e. The predicted octanol–water partition coefficient (Wildman–Crippen LogP) is 15.8. The van der Waals surface area contributed by atoms with Gasteiger partial charge in [0.25, 0.3) is 0 Å². The molecule has 62 heavy (non-hydrogen) atoms. The molecule has 0 aliphatic heterocycles. The number of imidazole rings is 1. The standard InChI is InChI=1S/C58H61N3O/c1-36(2)38-21-23-40(24-22-38)42-27-28-59-50(33-42)44-30-43(31-45(32-44)56(4,5)6)47-19-16-20-52-53(47)60-55(48-34-46(57(7,8)9)35-49(54(48)62)58(10,11)12)61(52)51-26-25-41(29-37(51)3)39-17-14-13-15-18-39/h13-36,62H,1-12H3/i3D3,36D. The number of pyridine rings is 1. The van der Waals surface area contributed by atoms with Gasteiger partial charge >= 0.3 is 0 Å².